The Kier molecular flexibility index (Phi) is 5.77. The minimum Gasteiger partial charge on any atom is -0.497 e. The van der Waals surface area contributed by atoms with Gasteiger partial charge in [0.25, 0.3) is 0 Å². The Bertz CT molecular complexity index is 418. The summed E-state index contributed by atoms with van der Waals surface area (Å²) in [7, 11) is 1.64. The number of benzene rings is 1. The Labute approximate surface area is 115 Å². The highest BCUT2D eigenvalue weighted by atomic mass is 16.5. The molecule has 3 nitrogen and oxygen atoms in total. The van der Waals surface area contributed by atoms with Gasteiger partial charge in [0.1, 0.15) is 11.5 Å². The van der Waals surface area contributed by atoms with Gasteiger partial charge in [-0.15, -0.1) is 6.58 Å². The lowest BCUT2D eigenvalue weighted by atomic mass is 9.87. The van der Waals surface area contributed by atoms with Crippen LogP contribution in [0.5, 0.6) is 5.75 Å². The molecular weight excluding hydrogens is 240 g/mol. The highest BCUT2D eigenvalue weighted by molar-refractivity contribution is 5.85. The van der Waals surface area contributed by atoms with Gasteiger partial charge in [-0.1, -0.05) is 32.1 Å². The molecule has 0 heterocycles. The molecule has 0 saturated carbocycles. The van der Waals surface area contributed by atoms with Crippen molar-refractivity contribution in [2.45, 2.75) is 26.9 Å². The number of ether oxygens (including phenoxy) is 2. The van der Waals surface area contributed by atoms with E-state index < -0.39 is 5.41 Å². The molecule has 0 aromatic heterocycles. The van der Waals surface area contributed by atoms with Gasteiger partial charge in [-0.3, -0.25) is 4.79 Å². The summed E-state index contributed by atoms with van der Waals surface area (Å²) in [6.07, 6.45) is 2.02. The smallest absolute Gasteiger partial charge is 0.144 e. The molecule has 1 aromatic rings. The number of hydrogen-bond acceptors (Lipinski definition) is 3. The van der Waals surface area contributed by atoms with Gasteiger partial charge in [-0.2, -0.15) is 0 Å². The minimum atomic E-state index is -0.472. The number of methoxy groups -OCH3 is 1. The number of carbonyl (C=O) groups is 1. The molecule has 0 radical (unpaired) electrons. The van der Waals surface area contributed by atoms with E-state index in [0.717, 1.165) is 11.3 Å². The zero-order valence-corrected chi connectivity index (χ0v) is 11.9. The SMILES string of the molecule is C=CCC(=O)C(C)(C)COCc1ccc(OC)cc1. The van der Waals surface area contributed by atoms with E-state index >= 15 is 0 Å². The second-order valence-electron chi connectivity index (χ2n) is 5.14. The van der Waals surface area contributed by atoms with E-state index in [-0.39, 0.29) is 5.78 Å². The second kappa shape index (κ2) is 7.10. The lowest BCUT2D eigenvalue weighted by Crippen LogP contribution is -2.29. The Balaban J connectivity index is 2.44. The number of ketones is 1. The van der Waals surface area contributed by atoms with Crippen molar-refractivity contribution in [3.05, 3.63) is 42.5 Å². The molecule has 0 atom stereocenters. The first-order valence-corrected chi connectivity index (χ1v) is 6.34. The van der Waals surface area contributed by atoms with E-state index in [9.17, 15) is 4.79 Å². The fraction of sp³-hybridized carbons (Fsp3) is 0.438. The maximum absolute atomic E-state index is 11.8. The van der Waals surface area contributed by atoms with Crippen molar-refractivity contribution in [3.63, 3.8) is 0 Å². The quantitative estimate of drug-likeness (QED) is 0.674. The first-order chi connectivity index (χ1) is 8.99. The molecule has 104 valence electrons. The standard InChI is InChI=1S/C16H22O3/c1-5-6-15(17)16(2,3)12-19-11-13-7-9-14(18-4)10-8-13/h5,7-10H,1,6,11-12H2,2-4H3. The Morgan fingerprint density at radius 2 is 1.95 bits per heavy atom. The number of allylic oxidation sites excluding steroid dienone is 1. The lowest BCUT2D eigenvalue weighted by molar-refractivity contribution is -0.129. The van der Waals surface area contributed by atoms with Crippen LogP contribution in [0.15, 0.2) is 36.9 Å². The van der Waals surface area contributed by atoms with Crippen LogP contribution in [0.25, 0.3) is 0 Å². The predicted octanol–water partition coefficient (Wildman–Crippen LogP) is 3.38. The van der Waals surface area contributed by atoms with Gasteiger partial charge in [0.05, 0.1) is 20.3 Å². The van der Waals surface area contributed by atoms with Gasteiger partial charge in [0.15, 0.2) is 0 Å². The van der Waals surface area contributed by atoms with Crippen molar-refractivity contribution in [1.82, 2.24) is 0 Å². The molecule has 0 aliphatic heterocycles. The number of hydrogen-bond donors (Lipinski definition) is 0. The van der Waals surface area contributed by atoms with E-state index in [4.69, 9.17) is 9.47 Å². The predicted molar refractivity (Wildman–Crippen MR) is 76.3 cm³/mol. The van der Waals surface area contributed by atoms with Crippen LogP contribution in [0, 0.1) is 5.41 Å². The normalized spacial score (nSPS) is 11.1. The molecule has 0 amide bonds. The van der Waals surface area contributed by atoms with Gasteiger partial charge in [-0.25, -0.2) is 0 Å². The van der Waals surface area contributed by atoms with Crippen molar-refractivity contribution in [3.8, 4) is 5.75 Å². The van der Waals surface area contributed by atoms with Crippen molar-refractivity contribution in [1.29, 1.82) is 0 Å². The van der Waals surface area contributed by atoms with Crippen molar-refractivity contribution >= 4 is 5.78 Å². The molecule has 0 aliphatic rings. The van der Waals surface area contributed by atoms with Gasteiger partial charge in [0.2, 0.25) is 0 Å². The van der Waals surface area contributed by atoms with Crippen LogP contribution >= 0.6 is 0 Å². The number of rotatable bonds is 8. The summed E-state index contributed by atoms with van der Waals surface area (Å²) in [4.78, 5) is 11.8. The summed E-state index contributed by atoms with van der Waals surface area (Å²) >= 11 is 0. The van der Waals surface area contributed by atoms with Crippen molar-refractivity contribution in [2.24, 2.45) is 5.41 Å². The molecule has 0 N–H and O–H groups in total. The highest BCUT2D eigenvalue weighted by Gasteiger charge is 2.26. The van der Waals surface area contributed by atoms with Crippen LogP contribution in [0.1, 0.15) is 25.8 Å². The van der Waals surface area contributed by atoms with E-state index in [1.54, 1.807) is 13.2 Å². The van der Waals surface area contributed by atoms with Crippen LogP contribution in [0.3, 0.4) is 0 Å². The van der Waals surface area contributed by atoms with Crippen LogP contribution in [-0.4, -0.2) is 19.5 Å². The molecule has 1 rings (SSSR count). The third kappa shape index (κ3) is 4.87. The summed E-state index contributed by atoms with van der Waals surface area (Å²) in [5.74, 6) is 0.975. The van der Waals surface area contributed by atoms with Gasteiger partial charge in [-0.05, 0) is 17.7 Å². The van der Waals surface area contributed by atoms with E-state index in [2.05, 4.69) is 6.58 Å². The fourth-order valence-electron chi connectivity index (χ4n) is 1.63. The Hall–Kier alpha value is -1.61. The highest BCUT2D eigenvalue weighted by Crippen LogP contribution is 2.20. The van der Waals surface area contributed by atoms with E-state index in [1.807, 2.05) is 38.1 Å². The molecular formula is C16H22O3. The number of carbonyl (C=O) groups excluding carboxylic acids is 1. The average Bonchev–Trinajstić information content (AvgIpc) is 2.39. The molecule has 0 fully saturated rings. The van der Waals surface area contributed by atoms with Crippen molar-refractivity contribution in [2.75, 3.05) is 13.7 Å². The Morgan fingerprint density at radius 1 is 1.32 bits per heavy atom. The van der Waals surface area contributed by atoms with Crippen LogP contribution < -0.4 is 4.74 Å². The zero-order valence-electron chi connectivity index (χ0n) is 11.9. The average molecular weight is 262 g/mol. The maximum Gasteiger partial charge on any atom is 0.144 e. The Morgan fingerprint density at radius 3 is 2.47 bits per heavy atom. The monoisotopic (exact) mass is 262 g/mol. The third-order valence-corrected chi connectivity index (χ3v) is 2.98. The summed E-state index contributed by atoms with van der Waals surface area (Å²) in [6.45, 7) is 8.28. The first-order valence-electron chi connectivity index (χ1n) is 6.34. The summed E-state index contributed by atoms with van der Waals surface area (Å²) < 4.78 is 10.7. The summed E-state index contributed by atoms with van der Waals surface area (Å²) in [6, 6.07) is 7.70. The molecule has 0 aliphatic carbocycles. The van der Waals surface area contributed by atoms with Crippen LogP contribution in [-0.2, 0) is 16.1 Å². The van der Waals surface area contributed by atoms with Gasteiger partial charge < -0.3 is 9.47 Å². The molecule has 0 unspecified atom stereocenters. The lowest BCUT2D eigenvalue weighted by Gasteiger charge is -2.22. The summed E-state index contributed by atoms with van der Waals surface area (Å²) in [5.41, 5.74) is 0.591. The molecule has 1 aromatic carbocycles. The molecule has 0 bridgehead atoms. The molecule has 3 heteroatoms. The van der Waals surface area contributed by atoms with E-state index in [0.29, 0.717) is 19.6 Å². The first kappa shape index (κ1) is 15.4. The van der Waals surface area contributed by atoms with Crippen molar-refractivity contribution < 1.29 is 14.3 Å². The number of Topliss-reactive ketones (excluding diaryl/α,β-unsaturated/α-hetero) is 1. The van der Waals surface area contributed by atoms with Crippen LogP contribution in [0.2, 0.25) is 0 Å². The second-order valence-corrected chi connectivity index (χ2v) is 5.14. The minimum absolute atomic E-state index is 0.150. The largest absolute Gasteiger partial charge is 0.497 e. The summed E-state index contributed by atoms with van der Waals surface area (Å²) in [5, 5.41) is 0. The van der Waals surface area contributed by atoms with Gasteiger partial charge in [0, 0.05) is 11.8 Å². The van der Waals surface area contributed by atoms with Crippen LogP contribution in [0.4, 0.5) is 0 Å². The molecule has 19 heavy (non-hydrogen) atoms. The van der Waals surface area contributed by atoms with Gasteiger partial charge >= 0.3 is 0 Å². The topological polar surface area (TPSA) is 35.5 Å². The maximum atomic E-state index is 11.8. The van der Waals surface area contributed by atoms with E-state index in [1.165, 1.54) is 0 Å². The fourth-order valence-corrected chi connectivity index (χ4v) is 1.63. The molecule has 0 saturated heterocycles. The molecule has 0 spiro atoms. The third-order valence-electron chi connectivity index (χ3n) is 2.98. The zero-order chi connectivity index (χ0) is 14.3.